The molecule has 0 saturated heterocycles. The number of carbonyl (C=O) groups is 1. The van der Waals surface area contributed by atoms with Crippen molar-refractivity contribution in [2.75, 3.05) is 4.90 Å². The second-order valence-electron chi connectivity index (χ2n) is 5.09. The average Bonchev–Trinajstić information content (AvgIpc) is 2.94. The molecular weight excluding hydrogens is 278 g/mol. The molecule has 3 rings (SSSR count). The third kappa shape index (κ3) is 2.53. The highest BCUT2D eigenvalue weighted by atomic mass is 16.3. The van der Waals surface area contributed by atoms with E-state index in [2.05, 4.69) is 10.2 Å². The average molecular weight is 295 g/mol. The van der Waals surface area contributed by atoms with E-state index >= 15 is 0 Å². The fourth-order valence-corrected chi connectivity index (χ4v) is 2.43. The molecule has 22 heavy (non-hydrogen) atoms. The van der Waals surface area contributed by atoms with Gasteiger partial charge in [0.25, 0.3) is 0 Å². The number of hydrogen-bond donors (Lipinski definition) is 2. The van der Waals surface area contributed by atoms with Crippen LogP contribution in [0.1, 0.15) is 19.8 Å². The van der Waals surface area contributed by atoms with Crippen LogP contribution in [0.15, 0.2) is 48.5 Å². The van der Waals surface area contributed by atoms with E-state index in [1.54, 1.807) is 29.2 Å². The van der Waals surface area contributed by atoms with Gasteiger partial charge in [0.1, 0.15) is 5.75 Å². The van der Waals surface area contributed by atoms with Gasteiger partial charge in [-0.1, -0.05) is 19.1 Å². The quantitative estimate of drug-likeness (QED) is 0.770. The summed E-state index contributed by atoms with van der Waals surface area (Å²) in [7, 11) is 0. The normalized spacial score (nSPS) is 10.8. The number of H-pyrrole nitrogens is 1. The highest BCUT2D eigenvalue weighted by molar-refractivity contribution is 6.06. The van der Waals surface area contributed by atoms with Gasteiger partial charge in [0.05, 0.1) is 11.2 Å². The van der Waals surface area contributed by atoms with Crippen LogP contribution in [-0.4, -0.2) is 21.2 Å². The van der Waals surface area contributed by atoms with Crippen LogP contribution in [0.3, 0.4) is 0 Å². The lowest BCUT2D eigenvalue weighted by atomic mass is 10.2. The Labute approximate surface area is 128 Å². The van der Waals surface area contributed by atoms with Gasteiger partial charge in [0.15, 0.2) is 5.82 Å². The molecule has 0 atom stereocenters. The van der Waals surface area contributed by atoms with Crippen molar-refractivity contribution in [3.05, 3.63) is 48.5 Å². The van der Waals surface area contributed by atoms with E-state index in [4.69, 9.17) is 0 Å². The Morgan fingerprint density at radius 3 is 2.64 bits per heavy atom. The van der Waals surface area contributed by atoms with E-state index in [9.17, 15) is 9.90 Å². The maximum absolute atomic E-state index is 12.6. The molecule has 0 fully saturated rings. The molecular formula is C17H17N3O2. The van der Waals surface area contributed by atoms with Gasteiger partial charge in [-0.2, -0.15) is 5.10 Å². The molecule has 0 spiro atoms. The predicted octanol–water partition coefficient (Wildman–Crippen LogP) is 3.73. The number of hydrogen-bond acceptors (Lipinski definition) is 3. The van der Waals surface area contributed by atoms with Crippen LogP contribution < -0.4 is 4.90 Å². The number of fused-ring (bicyclic) bond motifs is 1. The Morgan fingerprint density at radius 1 is 1.18 bits per heavy atom. The zero-order valence-corrected chi connectivity index (χ0v) is 12.3. The van der Waals surface area contributed by atoms with Crippen molar-refractivity contribution in [2.24, 2.45) is 0 Å². The highest BCUT2D eigenvalue weighted by Crippen LogP contribution is 2.31. The largest absolute Gasteiger partial charge is 0.508 e. The number of rotatable bonds is 4. The van der Waals surface area contributed by atoms with E-state index in [0.29, 0.717) is 17.9 Å². The van der Waals surface area contributed by atoms with Crippen LogP contribution in [0.2, 0.25) is 0 Å². The lowest BCUT2D eigenvalue weighted by Crippen LogP contribution is -2.26. The molecule has 112 valence electrons. The second-order valence-corrected chi connectivity index (χ2v) is 5.09. The Balaban J connectivity index is 2.12. The number of aromatic nitrogens is 2. The Bertz CT molecular complexity index is 793. The number of carbonyl (C=O) groups excluding carboxylic acids is 1. The number of nitrogens with one attached hydrogen (secondary N) is 1. The maximum atomic E-state index is 12.6. The third-order valence-corrected chi connectivity index (χ3v) is 3.48. The van der Waals surface area contributed by atoms with Crippen molar-refractivity contribution < 1.29 is 9.90 Å². The molecule has 1 heterocycles. The number of para-hydroxylation sites is 1. The zero-order chi connectivity index (χ0) is 15.5. The first-order valence-corrected chi connectivity index (χ1v) is 7.26. The molecule has 0 saturated carbocycles. The molecule has 1 aromatic heterocycles. The van der Waals surface area contributed by atoms with E-state index in [-0.39, 0.29) is 11.7 Å². The number of phenolic OH excluding ortho intramolecular Hbond substituents is 1. The number of nitrogens with zero attached hydrogens (tertiary/aromatic N) is 2. The van der Waals surface area contributed by atoms with Crippen LogP contribution in [0, 0.1) is 0 Å². The molecule has 1 amide bonds. The van der Waals surface area contributed by atoms with Gasteiger partial charge in [-0.15, -0.1) is 0 Å². The molecule has 0 aliphatic carbocycles. The Kier molecular flexibility index (Phi) is 3.78. The van der Waals surface area contributed by atoms with Gasteiger partial charge in [-0.25, -0.2) is 0 Å². The number of phenols is 1. The van der Waals surface area contributed by atoms with Gasteiger partial charge in [0.2, 0.25) is 5.91 Å². The van der Waals surface area contributed by atoms with E-state index in [0.717, 1.165) is 17.3 Å². The summed E-state index contributed by atoms with van der Waals surface area (Å²) >= 11 is 0. The smallest absolute Gasteiger partial charge is 0.232 e. The summed E-state index contributed by atoms with van der Waals surface area (Å²) < 4.78 is 0. The van der Waals surface area contributed by atoms with Gasteiger partial charge >= 0.3 is 0 Å². The van der Waals surface area contributed by atoms with Crippen molar-refractivity contribution in [2.45, 2.75) is 19.8 Å². The topological polar surface area (TPSA) is 69.2 Å². The summed E-state index contributed by atoms with van der Waals surface area (Å²) in [4.78, 5) is 14.2. The predicted molar refractivity (Wildman–Crippen MR) is 86.3 cm³/mol. The molecule has 3 aromatic rings. The van der Waals surface area contributed by atoms with Crippen molar-refractivity contribution in [1.29, 1.82) is 0 Å². The number of anilines is 2. The minimum Gasteiger partial charge on any atom is -0.508 e. The second kappa shape index (κ2) is 5.89. The van der Waals surface area contributed by atoms with Gasteiger partial charge in [-0.3, -0.25) is 14.8 Å². The van der Waals surface area contributed by atoms with Gasteiger partial charge in [-0.05, 0) is 42.8 Å². The molecule has 5 heteroatoms. The lowest BCUT2D eigenvalue weighted by molar-refractivity contribution is -0.117. The summed E-state index contributed by atoms with van der Waals surface area (Å²) in [6.07, 6.45) is 1.19. The first-order valence-electron chi connectivity index (χ1n) is 7.26. The summed E-state index contributed by atoms with van der Waals surface area (Å²) in [6.45, 7) is 1.97. The zero-order valence-electron chi connectivity index (χ0n) is 12.3. The molecule has 0 radical (unpaired) electrons. The van der Waals surface area contributed by atoms with Crippen LogP contribution >= 0.6 is 0 Å². The standard InChI is InChI=1S/C17H17N3O2/c1-2-5-16(22)20(12-8-10-13(21)11-9-12)17-14-6-3-4-7-15(14)18-19-17/h3-4,6-11,21H,2,5H2,1H3,(H,18,19). The molecule has 0 unspecified atom stereocenters. The van der Waals surface area contributed by atoms with Crippen LogP contribution in [0.5, 0.6) is 5.75 Å². The molecule has 0 aliphatic rings. The first-order chi connectivity index (χ1) is 10.7. The number of aromatic hydroxyl groups is 1. The molecule has 2 aromatic carbocycles. The molecule has 5 nitrogen and oxygen atoms in total. The van der Waals surface area contributed by atoms with Crippen LogP contribution in [-0.2, 0) is 4.79 Å². The molecule has 2 N–H and O–H groups in total. The van der Waals surface area contributed by atoms with Crippen molar-refractivity contribution in [3.8, 4) is 5.75 Å². The minimum atomic E-state index is -0.0227. The van der Waals surface area contributed by atoms with Crippen molar-refractivity contribution in [3.63, 3.8) is 0 Å². The number of benzene rings is 2. The number of aromatic amines is 1. The lowest BCUT2D eigenvalue weighted by Gasteiger charge is -2.20. The molecule has 0 bridgehead atoms. The third-order valence-electron chi connectivity index (χ3n) is 3.48. The van der Waals surface area contributed by atoms with Gasteiger partial charge < -0.3 is 5.11 Å². The van der Waals surface area contributed by atoms with E-state index in [1.165, 1.54) is 0 Å². The fraction of sp³-hybridized carbons (Fsp3) is 0.176. The minimum absolute atomic E-state index is 0.0227. The van der Waals surface area contributed by atoms with Gasteiger partial charge in [0, 0.05) is 11.8 Å². The SMILES string of the molecule is CCCC(=O)N(c1ccc(O)cc1)c1n[nH]c2ccccc12. The molecule has 0 aliphatic heterocycles. The summed E-state index contributed by atoms with van der Waals surface area (Å²) in [6, 6.07) is 14.3. The van der Waals surface area contributed by atoms with Crippen molar-refractivity contribution in [1.82, 2.24) is 10.2 Å². The summed E-state index contributed by atoms with van der Waals surface area (Å²) in [5.41, 5.74) is 1.57. The monoisotopic (exact) mass is 295 g/mol. The van der Waals surface area contributed by atoms with Crippen molar-refractivity contribution >= 4 is 28.3 Å². The van der Waals surface area contributed by atoms with E-state index in [1.807, 2.05) is 31.2 Å². The summed E-state index contributed by atoms with van der Waals surface area (Å²) in [5, 5.41) is 17.6. The fourth-order valence-electron chi connectivity index (χ4n) is 2.43. The van der Waals surface area contributed by atoms with Crippen LogP contribution in [0.4, 0.5) is 11.5 Å². The number of amides is 1. The highest BCUT2D eigenvalue weighted by Gasteiger charge is 2.21. The Hall–Kier alpha value is -2.82. The Morgan fingerprint density at radius 2 is 1.91 bits per heavy atom. The maximum Gasteiger partial charge on any atom is 0.232 e. The first kappa shape index (κ1) is 14.1. The summed E-state index contributed by atoms with van der Waals surface area (Å²) in [5.74, 6) is 0.726. The van der Waals surface area contributed by atoms with E-state index < -0.39 is 0 Å². The van der Waals surface area contributed by atoms with Crippen LogP contribution in [0.25, 0.3) is 10.9 Å².